The Bertz CT molecular complexity index is 73.1. The van der Waals surface area contributed by atoms with Gasteiger partial charge in [0, 0.05) is 0 Å². The summed E-state index contributed by atoms with van der Waals surface area (Å²) in [5.74, 6) is 0. The molecule has 0 aromatic rings. The fraction of sp³-hybridized carbons (Fsp3) is 1.00. The van der Waals surface area contributed by atoms with E-state index < -0.39 is 0 Å². The van der Waals surface area contributed by atoms with Crippen molar-refractivity contribution in [1.82, 2.24) is 0 Å². The lowest BCUT2D eigenvalue weighted by Crippen LogP contribution is -2.44. The van der Waals surface area contributed by atoms with Gasteiger partial charge >= 0.3 is 0 Å². The van der Waals surface area contributed by atoms with Gasteiger partial charge in [-0.05, 0) is 19.8 Å². The summed E-state index contributed by atoms with van der Waals surface area (Å²) in [4.78, 5) is 0. The van der Waals surface area contributed by atoms with Crippen molar-refractivity contribution in [2.45, 2.75) is 47.5 Å². The fourth-order valence-corrected chi connectivity index (χ4v) is 1.51. The number of hydrogen-bond acceptors (Lipinski definition) is 0. The van der Waals surface area contributed by atoms with Crippen molar-refractivity contribution in [1.29, 1.82) is 0 Å². The first-order chi connectivity index (χ1) is 5.68. The van der Waals surface area contributed by atoms with E-state index in [4.69, 9.17) is 0 Å². The van der Waals surface area contributed by atoms with Gasteiger partial charge in [0.05, 0.1) is 26.7 Å². The molecule has 0 fully saturated rings. The molecule has 0 aliphatic carbocycles. The quantitative estimate of drug-likeness (QED) is 0.561. The molecule has 0 aliphatic rings. The molecule has 0 atom stereocenters. The van der Waals surface area contributed by atoms with Gasteiger partial charge in [-0.25, -0.2) is 0 Å². The van der Waals surface area contributed by atoms with Crippen LogP contribution in [-0.2, 0) is 0 Å². The molecule has 1 nitrogen and oxygen atoms in total. The van der Waals surface area contributed by atoms with E-state index in [1.807, 2.05) is 13.8 Å². The van der Waals surface area contributed by atoms with Crippen molar-refractivity contribution < 1.29 is 4.48 Å². The van der Waals surface area contributed by atoms with E-state index in [1.54, 1.807) is 0 Å². The molecular weight excluding hydrogens is 146 g/mol. The Hall–Kier alpha value is -0.0400. The first-order valence-electron chi connectivity index (χ1n) is 5.52. The first-order valence-corrected chi connectivity index (χ1v) is 5.52. The maximum absolute atomic E-state index is 2.35. The van der Waals surface area contributed by atoms with Gasteiger partial charge in [-0.3, -0.25) is 0 Å². The number of hydrogen-bond donors (Lipinski definition) is 0. The van der Waals surface area contributed by atoms with Crippen LogP contribution in [0, 0.1) is 0 Å². The monoisotopic (exact) mass is 174 g/mol. The normalized spacial score (nSPS) is 10.5. The van der Waals surface area contributed by atoms with Gasteiger partial charge in [-0.15, -0.1) is 0 Å². The zero-order chi connectivity index (χ0) is 10.0. The molecule has 0 bridgehead atoms. The summed E-state index contributed by atoms with van der Waals surface area (Å²) in [7, 11) is 2.35. The molecule has 0 saturated heterocycles. The number of nitrogens with zero attached hydrogens (tertiary/aromatic N) is 1. The highest BCUT2D eigenvalue weighted by molar-refractivity contribution is 4.34. The van der Waals surface area contributed by atoms with Gasteiger partial charge in [-0.2, -0.15) is 0 Å². The molecule has 0 aromatic heterocycles. The molecule has 0 N–H and O–H groups in total. The molecule has 0 aromatic carbocycles. The second-order valence-electron chi connectivity index (χ2n) is 3.38. The highest BCUT2D eigenvalue weighted by atomic mass is 15.3. The van der Waals surface area contributed by atoms with Crippen LogP contribution < -0.4 is 0 Å². The average molecular weight is 174 g/mol. The topological polar surface area (TPSA) is 0 Å². The van der Waals surface area contributed by atoms with Crippen molar-refractivity contribution in [3.63, 3.8) is 0 Å². The van der Waals surface area contributed by atoms with E-state index in [2.05, 4.69) is 27.8 Å². The van der Waals surface area contributed by atoms with Crippen LogP contribution in [0.3, 0.4) is 0 Å². The van der Waals surface area contributed by atoms with Crippen molar-refractivity contribution in [3.05, 3.63) is 0 Å². The van der Waals surface area contributed by atoms with Gasteiger partial charge < -0.3 is 4.48 Å². The largest absolute Gasteiger partial charge is 0.326 e. The third kappa shape index (κ3) is 6.66. The summed E-state index contributed by atoms with van der Waals surface area (Å²) in [6.45, 7) is 14.8. The lowest BCUT2D eigenvalue weighted by atomic mass is 10.3. The molecule has 76 valence electrons. The summed E-state index contributed by atoms with van der Waals surface area (Å²) in [6, 6.07) is 0. The molecule has 0 saturated carbocycles. The minimum absolute atomic E-state index is 1.26. The summed E-state index contributed by atoms with van der Waals surface area (Å²) in [5.41, 5.74) is 0. The summed E-state index contributed by atoms with van der Waals surface area (Å²) >= 11 is 0. The summed E-state index contributed by atoms with van der Waals surface area (Å²) in [5, 5.41) is 0. The minimum Gasteiger partial charge on any atom is -0.326 e. The Labute approximate surface area is 79.4 Å². The molecule has 0 aliphatic heterocycles. The van der Waals surface area contributed by atoms with Crippen molar-refractivity contribution in [2.24, 2.45) is 0 Å². The third-order valence-electron chi connectivity index (χ3n) is 2.29. The lowest BCUT2D eigenvalue weighted by molar-refractivity contribution is -0.907. The van der Waals surface area contributed by atoms with Crippen LogP contribution in [-0.4, -0.2) is 31.2 Å². The predicted octanol–water partition coefficient (Wildman–Crippen LogP) is 3.30. The van der Waals surface area contributed by atoms with E-state index >= 15 is 0 Å². The van der Waals surface area contributed by atoms with Gasteiger partial charge in [0.25, 0.3) is 0 Å². The highest BCUT2D eigenvalue weighted by Crippen LogP contribution is 2.04. The zero-order valence-electron chi connectivity index (χ0n) is 9.98. The smallest absolute Gasteiger partial charge is 0.0781 e. The van der Waals surface area contributed by atoms with Crippen LogP contribution in [0.2, 0.25) is 0 Å². The van der Waals surface area contributed by atoms with E-state index in [0.29, 0.717) is 0 Å². The Balaban J connectivity index is 0. The average Bonchev–Trinajstić information content (AvgIpc) is 2.09. The fourth-order valence-electron chi connectivity index (χ4n) is 1.51. The second-order valence-corrected chi connectivity index (χ2v) is 3.38. The Morgan fingerprint density at radius 1 is 0.833 bits per heavy atom. The van der Waals surface area contributed by atoms with Crippen LogP contribution in [0.4, 0.5) is 0 Å². The van der Waals surface area contributed by atoms with E-state index in [-0.39, 0.29) is 0 Å². The molecule has 0 unspecified atom stereocenters. The van der Waals surface area contributed by atoms with Crippen LogP contribution in [0.25, 0.3) is 0 Å². The van der Waals surface area contributed by atoms with Crippen LogP contribution in [0.5, 0.6) is 0 Å². The molecule has 0 spiro atoms. The highest BCUT2D eigenvalue weighted by Gasteiger charge is 2.15. The molecule has 1 heteroatoms. The van der Waals surface area contributed by atoms with E-state index in [0.717, 1.165) is 0 Å². The van der Waals surface area contributed by atoms with Crippen molar-refractivity contribution >= 4 is 0 Å². The summed E-state index contributed by atoms with van der Waals surface area (Å²) < 4.78 is 1.26. The minimum atomic E-state index is 1.26. The standard InChI is InChI=1S/C9H22N.C2H6/c1-5-8-10(4,7-3)9-6-2;1-2/h5-9H2,1-4H3;1-2H3/q+1;. The number of quaternary nitrogens is 1. The van der Waals surface area contributed by atoms with Gasteiger partial charge in [0.2, 0.25) is 0 Å². The molecule has 12 heavy (non-hydrogen) atoms. The van der Waals surface area contributed by atoms with Crippen LogP contribution in [0.1, 0.15) is 47.5 Å². The first kappa shape index (κ1) is 14.5. The predicted molar refractivity (Wildman–Crippen MR) is 58.4 cm³/mol. The molecule has 0 rings (SSSR count). The zero-order valence-corrected chi connectivity index (χ0v) is 9.98. The lowest BCUT2D eigenvalue weighted by Gasteiger charge is -2.32. The molecule has 0 amide bonds. The second kappa shape index (κ2) is 9.05. The Morgan fingerprint density at radius 2 is 1.17 bits per heavy atom. The summed E-state index contributed by atoms with van der Waals surface area (Å²) in [6.07, 6.45) is 2.62. The maximum Gasteiger partial charge on any atom is 0.0781 e. The number of rotatable bonds is 5. The van der Waals surface area contributed by atoms with E-state index in [1.165, 1.54) is 37.0 Å². The Morgan fingerprint density at radius 3 is 1.33 bits per heavy atom. The van der Waals surface area contributed by atoms with Gasteiger partial charge in [0.1, 0.15) is 0 Å². The molecular formula is C11H28N+. The molecule has 0 heterocycles. The maximum atomic E-state index is 2.35. The third-order valence-corrected chi connectivity index (χ3v) is 2.29. The van der Waals surface area contributed by atoms with Crippen LogP contribution in [0.15, 0.2) is 0 Å². The van der Waals surface area contributed by atoms with Crippen LogP contribution >= 0.6 is 0 Å². The SMILES string of the molecule is CC.CCC[N+](C)(CC)CCC. The van der Waals surface area contributed by atoms with E-state index in [9.17, 15) is 0 Å². The van der Waals surface area contributed by atoms with Crippen molar-refractivity contribution in [2.75, 3.05) is 26.7 Å². The van der Waals surface area contributed by atoms with Gasteiger partial charge in [-0.1, -0.05) is 27.7 Å². The Kier molecular flexibility index (Phi) is 10.9. The molecule has 0 radical (unpaired) electrons. The van der Waals surface area contributed by atoms with Gasteiger partial charge in [0.15, 0.2) is 0 Å². The van der Waals surface area contributed by atoms with Crippen molar-refractivity contribution in [3.8, 4) is 0 Å².